The summed E-state index contributed by atoms with van der Waals surface area (Å²) in [4.78, 5) is 29.2. The van der Waals surface area contributed by atoms with Gasteiger partial charge >= 0.3 is 0 Å². The minimum Gasteiger partial charge on any atom is -0.376 e. The van der Waals surface area contributed by atoms with E-state index in [1.54, 1.807) is 4.90 Å². The molecule has 2 fully saturated rings. The lowest BCUT2D eigenvalue weighted by molar-refractivity contribution is -0.138. The Kier molecular flexibility index (Phi) is 6.25. The first-order chi connectivity index (χ1) is 14.2. The molecule has 0 N–H and O–H groups in total. The van der Waals surface area contributed by atoms with Crippen molar-refractivity contribution in [3.63, 3.8) is 0 Å². The van der Waals surface area contributed by atoms with Gasteiger partial charge in [-0.3, -0.25) is 9.59 Å². The largest absolute Gasteiger partial charge is 0.376 e. The van der Waals surface area contributed by atoms with E-state index in [1.807, 2.05) is 53.4 Å². The highest BCUT2D eigenvalue weighted by molar-refractivity contribution is 6.00. The number of hydrogen-bond acceptors (Lipinski definition) is 3. The van der Waals surface area contributed by atoms with E-state index in [9.17, 15) is 9.59 Å². The predicted octanol–water partition coefficient (Wildman–Crippen LogP) is 3.49. The van der Waals surface area contributed by atoms with Gasteiger partial charge in [0.15, 0.2) is 0 Å². The van der Waals surface area contributed by atoms with E-state index >= 15 is 0 Å². The summed E-state index contributed by atoms with van der Waals surface area (Å²) >= 11 is 0. The summed E-state index contributed by atoms with van der Waals surface area (Å²) in [5, 5.41) is 0. The number of benzene rings is 2. The lowest BCUT2D eigenvalue weighted by Gasteiger charge is -2.34. The summed E-state index contributed by atoms with van der Waals surface area (Å²) in [6.07, 6.45) is 2.38. The van der Waals surface area contributed by atoms with Gasteiger partial charge in [-0.2, -0.15) is 0 Å². The third-order valence-electron chi connectivity index (χ3n) is 5.84. The van der Waals surface area contributed by atoms with Gasteiger partial charge < -0.3 is 14.5 Å². The highest BCUT2D eigenvalue weighted by Crippen LogP contribution is 2.28. The van der Waals surface area contributed by atoms with Crippen molar-refractivity contribution >= 4 is 17.5 Å². The number of piperidine rings is 1. The standard InChI is InChI=1S/C24H28N2O3/c27-23-14-21(16-26(23)22-11-5-2-6-12-22)24(28)25-13-7-10-20(15-25)18-29-17-19-8-3-1-4-9-19/h1-6,8-9,11-12,20-21H,7,10,13-18H2. The van der Waals surface area contributed by atoms with Crippen molar-refractivity contribution in [3.05, 3.63) is 66.2 Å². The first-order valence-corrected chi connectivity index (χ1v) is 10.5. The van der Waals surface area contributed by atoms with Crippen molar-refractivity contribution in [2.75, 3.05) is 31.1 Å². The van der Waals surface area contributed by atoms with E-state index in [0.717, 1.165) is 31.6 Å². The van der Waals surface area contributed by atoms with Gasteiger partial charge in [0.25, 0.3) is 0 Å². The Labute approximate surface area is 172 Å². The fourth-order valence-electron chi connectivity index (χ4n) is 4.31. The fourth-order valence-corrected chi connectivity index (χ4v) is 4.31. The molecule has 2 aromatic rings. The minimum atomic E-state index is -0.244. The molecule has 2 heterocycles. The molecule has 5 nitrogen and oxygen atoms in total. The number of likely N-dealkylation sites (tertiary alicyclic amines) is 1. The van der Waals surface area contributed by atoms with Crippen LogP contribution in [0.5, 0.6) is 0 Å². The molecule has 0 bridgehead atoms. The van der Waals surface area contributed by atoms with Crippen molar-refractivity contribution in [1.29, 1.82) is 0 Å². The van der Waals surface area contributed by atoms with Crippen LogP contribution in [0.4, 0.5) is 5.69 Å². The summed E-state index contributed by atoms with van der Waals surface area (Å²) in [5.41, 5.74) is 2.04. The molecule has 2 amide bonds. The molecule has 0 saturated carbocycles. The molecule has 4 rings (SSSR count). The minimum absolute atomic E-state index is 0.0364. The summed E-state index contributed by atoms with van der Waals surface area (Å²) in [6.45, 7) is 3.26. The molecule has 2 aromatic carbocycles. The highest BCUT2D eigenvalue weighted by Gasteiger charge is 2.38. The number of rotatable bonds is 6. The first kappa shape index (κ1) is 19.6. The number of para-hydroxylation sites is 1. The van der Waals surface area contributed by atoms with Crippen molar-refractivity contribution in [2.24, 2.45) is 11.8 Å². The molecule has 2 atom stereocenters. The van der Waals surface area contributed by atoms with Gasteiger partial charge in [0, 0.05) is 31.7 Å². The van der Waals surface area contributed by atoms with Crippen LogP contribution in [0, 0.1) is 11.8 Å². The normalized spacial score (nSPS) is 22.1. The molecular formula is C24H28N2O3. The Balaban J connectivity index is 1.29. The zero-order valence-corrected chi connectivity index (χ0v) is 16.7. The number of carbonyl (C=O) groups excluding carboxylic acids is 2. The molecule has 0 aliphatic carbocycles. The van der Waals surface area contributed by atoms with E-state index in [0.29, 0.717) is 32.1 Å². The van der Waals surface area contributed by atoms with Crippen molar-refractivity contribution in [1.82, 2.24) is 4.90 Å². The van der Waals surface area contributed by atoms with Crippen LogP contribution in [0.25, 0.3) is 0 Å². The number of ether oxygens (including phenoxy) is 1. The molecule has 0 aromatic heterocycles. The van der Waals surface area contributed by atoms with Gasteiger partial charge in [0.2, 0.25) is 11.8 Å². The van der Waals surface area contributed by atoms with Crippen LogP contribution >= 0.6 is 0 Å². The molecular weight excluding hydrogens is 364 g/mol. The Morgan fingerprint density at radius 3 is 2.48 bits per heavy atom. The third kappa shape index (κ3) is 4.85. The molecule has 0 radical (unpaired) electrons. The van der Waals surface area contributed by atoms with Crippen LogP contribution in [0.2, 0.25) is 0 Å². The molecule has 2 aliphatic rings. The smallest absolute Gasteiger partial charge is 0.228 e. The fraction of sp³-hybridized carbons (Fsp3) is 0.417. The molecule has 5 heteroatoms. The van der Waals surface area contributed by atoms with Gasteiger partial charge in [0.05, 0.1) is 19.1 Å². The number of nitrogens with zero attached hydrogens (tertiary/aromatic N) is 2. The topological polar surface area (TPSA) is 49.9 Å². The summed E-state index contributed by atoms with van der Waals surface area (Å²) in [5.74, 6) is 0.268. The van der Waals surface area contributed by atoms with E-state index in [4.69, 9.17) is 4.74 Å². The number of carbonyl (C=O) groups is 2. The van der Waals surface area contributed by atoms with Crippen molar-refractivity contribution in [2.45, 2.75) is 25.9 Å². The molecule has 152 valence electrons. The maximum Gasteiger partial charge on any atom is 0.228 e. The summed E-state index contributed by atoms with van der Waals surface area (Å²) in [7, 11) is 0. The maximum atomic E-state index is 13.1. The Hall–Kier alpha value is -2.66. The molecule has 2 aliphatic heterocycles. The van der Waals surface area contributed by atoms with Gasteiger partial charge in [-0.15, -0.1) is 0 Å². The zero-order valence-electron chi connectivity index (χ0n) is 16.7. The Morgan fingerprint density at radius 1 is 1.00 bits per heavy atom. The lowest BCUT2D eigenvalue weighted by Crippen LogP contribution is -2.44. The van der Waals surface area contributed by atoms with Gasteiger partial charge in [-0.05, 0) is 36.5 Å². The van der Waals surface area contributed by atoms with Crippen LogP contribution in [0.3, 0.4) is 0 Å². The van der Waals surface area contributed by atoms with Crippen LogP contribution in [-0.2, 0) is 20.9 Å². The average molecular weight is 392 g/mol. The van der Waals surface area contributed by atoms with Crippen LogP contribution < -0.4 is 4.90 Å². The second-order valence-electron chi connectivity index (χ2n) is 8.03. The van der Waals surface area contributed by atoms with E-state index in [2.05, 4.69) is 12.1 Å². The zero-order chi connectivity index (χ0) is 20.1. The Morgan fingerprint density at radius 2 is 1.72 bits per heavy atom. The van der Waals surface area contributed by atoms with E-state index in [1.165, 1.54) is 5.56 Å². The molecule has 0 spiro atoms. The van der Waals surface area contributed by atoms with Crippen LogP contribution in [0.15, 0.2) is 60.7 Å². The molecule has 29 heavy (non-hydrogen) atoms. The molecule has 2 saturated heterocycles. The number of hydrogen-bond donors (Lipinski definition) is 0. The van der Waals surface area contributed by atoms with Crippen LogP contribution in [-0.4, -0.2) is 43.0 Å². The summed E-state index contributed by atoms with van der Waals surface area (Å²) in [6, 6.07) is 19.8. The van der Waals surface area contributed by atoms with Gasteiger partial charge in [-0.25, -0.2) is 0 Å². The summed E-state index contributed by atoms with van der Waals surface area (Å²) < 4.78 is 5.90. The lowest BCUT2D eigenvalue weighted by atomic mass is 9.97. The van der Waals surface area contributed by atoms with Crippen molar-refractivity contribution < 1.29 is 14.3 Å². The monoisotopic (exact) mass is 392 g/mol. The third-order valence-corrected chi connectivity index (χ3v) is 5.84. The molecule has 2 unspecified atom stereocenters. The average Bonchev–Trinajstić information content (AvgIpc) is 3.16. The quantitative estimate of drug-likeness (QED) is 0.756. The van der Waals surface area contributed by atoms with Gasteiger partial charge in [-0.1, -0.05) is 48.5 Å². The van der Waals surface area contributed by atoms with Crippen LogP contribution in [0.1, 0.15) is 24.8 Å². The first-order valence-electron chi connectivity index (χ1n) is 10.5. The highest BCUT2D eigenvalue weighted by atomic mass is 16.5. The second-order valence-corrected chi connectivity index (χ2v) is 8.03. The number of amides is 2. The van der Waals surface area contributed by atoms with E-state index < -0.39 is 0 Å². The second kappa shape index (κ2) is 9.23. The van der Waals surface area contributed by atoms with Crippen molar-refractivity contribution in [3.8, 4) is 0 Å². The maximum absolute atomic E-state index is 13.1. The van der Waals surface area contributed by atoms with Gasteiger partial charge in [0.1, 0.15) is 0 Å². The predicted molar refractivity (Wildman–Crippen MR) is 112 cm³/mol. The Bertz CT molecular complexity index is 825. The SMILES string of the molecule is O=C(C1CC(=O)N(c2ccccc2)C1)N1CCCC(COCc2ccccc2)C1. The van der Waals surface area contributed by atoms with E-state index in [-0.39, 0.29) is 17.7 Å². The number of anilines is 1.